The molecule has 0 spiro atoms. The van der Waals surface area contributed by atoms with Gasteiger partial charge in [-0.05, 0) is 9.05 Å². The monoisotopic (exact) mass is 118 g/mol. The molecule has 6 heavy (non-hydrogen) atoms. The maximum atomic E-state index is 10.3. The van der Waals surface area contributed by atoms with Crippen molar-refractivity contribution < 1.29 is 23.1 Å². The average Bonchev–Trinajstić information content (AvgIpc) is 1.65. The third-order valence-electron chi connectivity index (χ3n) is 0.126. The van der Waals surface area contributed by atoms with Gasteiger partial charge in [-0.25, -0.2) is 0 Å². The summed E-state index contributed by atoms with van der Waals surface area (Å²) in [4.78, 5) is 0. The van der Waals surface area contributed by atoms with Gasteiger partial charge < -0.3 is 0 Å². The minimum atomic E-state index is -3.45. The third-order valence-corrected chi connectivity index (χ3v) is 0.378. The van der Waals surface area contributed by atoms with Crippen LogP contribution in [0, 0.1) is 0 Å². The molecule has 0 saturated carbocycles. The molecule has 0 radical (unpaired) electrons. The summed E-state index contributed by atoms with van der Waals surface area (Å²) in [5.41, 5.74) is 0. The molecule has 0 aromatic rings. The molecule has 0 saturated heterocycles. The van der Waals surface area contributed by atoms with Crippen molar-refractivity contribution >= 4 is 8.25 Å². The smallest absolute Gasteiger partial charge is 0.258 e. The van der Waals surface area contributed by atoms with E-state index >= 15 is 0 Å². The standard InChI is InChI=1S/F2HO3P/c1-4-6(3)5-2/h6H. The molecule has 0 aromatic carbocycles. The first-order chi connectivity index (χ1) is 2.81. The van der Waals surface area contributed by atoms with Gasteiger partial charge in [-0.3, -0.25) is 4.57 Å². The first-order valence-corrected chi connectivity index (χ1v) is 2.15. The van der Waals surface area contributed by atoms with Gasteiger partial charge in [0.05, 0.1) is 0 Å². The molecule has 0 atom stereocenters. The number of hydrogen-bond donors (Lipinski definition) is 0. The van der Waals surface area contributed by atoms with Crippen LogP contribution in [-0.4, -0.2) is 0 Å². The molecule has 0 aliphatic heterocycles. The van der Waals surface area contributed by atoms with Gasteiger partial charge in [-0.1, -0.05) is 0 Å². The lowest BCUT2D eigenvalue weighted by Gasteiger charge is -1.77. The lowest BCUT2D eigenvalue weighted by molar-refractivity contribution is -0.0751. The Kier molecular flexibility index (Phi) is 3.21. The summed E-state index contributed by atoms with van der Waals surface area (Å²) in [7, 11) is -3.45. The highest BCUT2D eigenvalue weighted by molar-refractivity contribution is 7.32. The summed E-state index contributed by atoms with van der Waals surface area (Å²) < 4.78 is 34.4. The zero-order valence-corrected chi connectivity index (χ0v) is 3.48. The van der Waals surface area contributed by atoms with Gasteiger partial charge in [0.1, 0.15) is 0 Å². The Bertz CT molecular complexity index is 46.8. The Balaban J connectivity index is 2.99. The van der Waals surface area contributed by atoms with Gasteiger partial charge in [0.2, 0.25) is 0 Å². The predicted molar refractivity (Wildman–Crippen MR) is 13.4 cm³/mol. The fraction of sp³-hybridized carbons (Fsp3) is 0. The van der Waals surface area contributed by atoms with Crippen molar-refractivity contribution in [2.45, 2.75) is 0 Å². The van der Waals surface area contributed by atoms with Crippen LogP contribution in [0.4, 0.5) is 9.05 Å². The van der Waals surface area contributed by atoms with Crippen molar-refractivity contribution in [3.63, 3.8) is 0 Å². The van der Waals surface area contributed by atoms with E-state index in [9.17, 15) is 13.6 Å². The van der Waals surface area contributed by atoms with E-state index in [4.69, 9.17) is 0 Å². The van der Waals surface area contributed by atoms with Crippen LogP contribution < -0.4 is 0 Å². The van der Waals surface area contributed by atoms with Crippen LogP contribution in [0.3, 0.4) is 0 Å². The molecule has 0 aliphatic rings. The Morgan fingerprint density at radius 1 is 1.33 bits per heavy atom. The maximum Gasteiger partial charge on any atom is 0.384 e. The summed E-state index contributed by atoms with van der Waals surface area (Å²) in [6.07, 6.45) is 0. The van der Waals surface area contributed by atoms with E-state index in [1.807, 2.05) is 0 Å². The van der Waals surface area contributed by atoms with Crippen molar-refractivity contribution in [1.82, 2.24) is 0 Å². The lowest BCUT2D eigenvalue weighted by Crippen LogP contribution is -1.55. The van der Waals surface area contributed by atoms with Crippen LogP contribution in [0.25, 0.3) is 0 Å². The molecule has 0 heterocycles. The second kappa shape index (κ2) is 3.21. The lowest BCUT2D eigenvalue weighted by atomic mass is 15.6. The molecule has 0 unspecified atom stereocenters. The quantitative estimate of drug-likeness (QED) is 0.510. The van der Waals surface area contributed by atoms with Crippen LogP contribution >= 0.6 is 8.25 Å². The van der Waals surface area contributed by atoms with E-state index in [0.717, 1.165) is 0 Å². The van der Waals surface area contributed by atoms with Crippen LogP contribution in [-0.2, 0) is 14.0 Å². The van der Waals surface area contributed by atoms with E-state index < -0.39 is 8.25 Å². The van der Waals surface area contributed by atoms with Crippen molar-refractivity contribution in [3.05, 3.63) is 0 Å². The van der Waals surface area contributed by atoms with E-state index in [-0.39, 0.29) is 0 Å². The molecule has 0 rings (SSSR count). The summed E-state index contributed by atoms with van der Waals surface area (Å²) in [6.45, 7) is 0. The molecule has 6 heteroatoms. The molecule has 0 fully saturated rings. The Labute approximate surface area is 32.6 Å². The van der Waals surface area contributed by atoms with Gasteiger partial charge in [0.15, 0.2) is 0 Å². The molecule has 0 N–H and O–H groups in total. The second-order valence-electron chi connectivity index (χ2n) is 0.404. The van der Waals surface area contributed by atoms with Gasteiger partial charge in [-0.15, -0.1) is 9.46 Å². The van der Waals surface area contributed by atoms with Crippen LogP contribution in [0.2, 0.25) is 0 Å². The van der Waals surface area contributed by atoms with Gasteiger partial charge in [0, 0.05) is 0 Å². The summed E-state index contributed by atoms with van der Waals surface area (Å²) >= 11 is 0. The zero-order valence-electron chi connectivity index (χ0n) is 2.48. The van der Waals surface area contributed by atoms with Crippen LogP contribution in [0.15, 0.2) is 0 Å². The highest BCUT2D eigenvalue weighted by Gasteiger charge is 1.93. The SMILES string of the molecule is O=[PH](OF)OF. The molecule has 0 aliphatic carbocycles. The highest BCUT2D eigenvalue weighted by Crippen LogP contribution is 2.23. The van der Waals surface area contributed by atoms with Crippen molar-refractivity contribution in [1.29, 1.82) is 0 Å². The molecule has 38 valence electrons. The van der Waals surface area contributed by atoms with E-state index in [1.165, 1.54) is 0 Å². The van der Waals surface area contributed by atoms with Crippen molar-refractivity contribution in [2.24, 2.45) is 0 Å². The minimum absolute atomic E-state index is 2.35. The van der Waals surface area contributed by atoms with Crippen molar-refractivity contribution in [2.75, 3.05) is 0 Å². The normalized spacial score (nSPS) is 9.83. The molecule has 0 amide bonds. The van der Waals surface area contributed by atoms with Crippen molar-refractivity contribution in [3.8, 4) is 0 Å². The van der Waals surface area contributed by atoms with Gasteiger partial charge >= 0.3 is 8.25 Å². The average molecular weight is 118 g/mol. The largest absolute Gasteiger partial charge is 0.384 e. The van der Waals surface area contributed by atoms with Gasteiger partial charge in [0.25, 0.3) is 0 Å². The third kappa shape index (κ3) is 2.26. The van der Waals surface area contributed by atoms with E-state index in [2.05, 4.69) is 9.46 Å². The van der Waals surface area contributed by atoms with Crippen LogP contribution in [0.1, 0.15) is 0 Å². The Hall–Kier alpha value is 0.01000. The molecule has 0 aromatic heterocycles. The summed E-state index contributed by atoms with van der Waals surface area (Å²) in [6, 6.07) is 0. The first-order valence-electron chi connectivity index (χ1n) is 0.921. The molecular weight excluding hydrogens is 117 g/mol. The molecular formula is HF2O3P. The summed E-state index contributed by atoms with van der Waals surface area (Å²) in [5, 5.41) is 0. The minimum Gasteiger partial charge on any atom is -0.258 e. The number of hydrogen-bond acceptors (Lipinski definition) is 3. The molecule has 3 nitrogen and oxygen atoms in total. The van der Waals surface area contributed by atoms with Crippen LogP contribution in [0.5, 0.6) is 0 Å². The fourth-order valence-corrected chi connectivity index (χ4v) is 0.0357. The fourth-order valence-electron chi connectivity index (χ4n) is 0.0119. The first kappa shape index (κ1) is 6.01. The van der Waals surface area contributed by atoms with Gasteiger partial charge in [-0.2, -0.15) is 0 Å². The molecule has 0 bridgehead atoms. The second-order valence-corrected chi connectivity index (χ2v) is 1.21. The maximum absolute atomic E-state index is 10.3. The predicted octanol–water partition coefficient (Wildman–Crippen LogP) is 1.18. The van der Waals surface area contributed by atoms with E-state index in [1.54, 1.807) is 0 Å². The Morgan fingerprint density at radius 2 is 1.67 bits per heavy atom. The Morgan fingerprint density at radius 3 is 1.67 bits per heavy atom. The summed E-state index contributed by atoms with van der Waals surface area (Å²) in [5.74, 6) is 0. The van der Waals surface area contributed by atoms with E-state index in [0.29, 0.717) is 0 Å². The topological polar surface area (TPSA) is 35.5 Å². The highest BCUT2D eigenvalue weighted by atomic mass is 31.1. The number of halogens is 2. The number of rotatable bonds is 2. The zero-order chi connectivity index (χ0) is 4.99.